The van der Waals surface area contributed by atoms with Crippen LogP contribution in [0.1, 0.15) is 31.4 Å². The van der Waals surface area contributed by atoms with E-state index in [0.29, 0.717) is 0 Å². The Morgan fingerprint density at radius 1 is 1.11 bits per heavy atom. The maximum absolute atomic E-state index is 10.9. The van der Waals surface area contributed by atoms with Crippen molar-refractivity contribution in [2.45, 2.75) is 33.6 Å². The molecular formula is C17H20O2. The van der Waals surface area contributed by atoms with E-state index in [-0.39, 0.29) is 11.8 Å². The minimum atomic E-state index is -0.735. The second kappa shape index (κ2) is 5.04. The summed E-state index contributed by atoms with van der Waals surface area (Å²) in [5, 5.41) is 11.4. The van der Waals surface area contributed by atoms with Gasteiger partial charge in [0.1, 0.15) is 0 Å². The fourth-order valence-electron chi connectivity index (χ4n) is 2.55. The molecule has 0 aliphatic rings. The zero-order chi connectivity index (χ0) is 14.0. The molecule has 0 fully saturated rings. The number of rotatable bonds is 4. The van der Waals surface area contributed by atoms with Crippen molar-refractivity contribution in [1.29, 1.82) is 0 Å². The van der Waals surface area contributed by atoms with Crippen LogP contribution in [0.5, 0.6) is 0 Å². The van der Waals surface area contributed by atoms with Crippen molar-refractivity contribution < 1.29 is 9.90 Å². The van der Waals surface area contributed by atoms with Gasteiger partial charge in [0.25, 0.3) is 0 Å². The van der Waals surface area contributed by atoms with Gasteiger partial charge >= 0.3 is 5.97 Å². The molecule has 0 atom stereocenters. The maximum atomic E-state index is 10.9. The number of carboxylic acids is 1. The van der Waals surface area contributed by atoms with Gasteiger partial charge in [0.05, 0.1) is 6.42 Å². The molecule has 2 nitrogen and oxygen atoms in total. The summed E-state index contributed by atoms with van der Waals surface area (Å²) in [7, 11) is 0. The number of hydrogen-bond donors (Lipinski definition) is 1. The van der Waals surface area contributed by atoms with Gasteiger partial charge in [0.2, 0.25) is 0 Å². The standard InChI is InChI=1S/C17H20O2/c1-12-4-6-15-9-13(5-7-14(15)8-12)10-17(2,3)11-16(18)19/h4-9H,10-11H2,1-3H3,(H,18,19). The Morgan fingerprint density at radius 3 is 2.42 bits per heavy atom. The average molecular weight is 256 g/mol. The van der Waals surface area contributed by atoms with Crippen molar-refractivity contribution in [2.75, 3.05) is 0 Å². The third kappa shape index (κ3) is 3.57. The molecule has 0 amide bonds. The molecule has 0 unspecified atom stereocenters. The fourth-order valence-corrected chi connectivity index (χ4v) is 2.55. The van der Waals surface area contributed by atoms with Crippen LogP contribution < -0.4 is 0 Å². The quantitative estimate of drug-likeness (QED) is 0.890. The van der Waals surface area contributed by atoms with Crippen LogP contribution in [0.2, 0.25) is 0 Å². The molecule has 0 saturated carbocycles. The lowest BCUT2D eigenvalue weighted by molar-refractivity contribution is -0.139. The number of carbonyl (C=O) groups is 1. The highest BCUT2D eigenvalue weighted by molar-refractivity contribution is 5.83. The molecule has 0 aliphatic heterocycles. The zero-order valence-electron chi connectivity index (χ0n) is 11.7. The van der Waals surface area contributed by atoms with E-state index in [4.69, 9.17) is 5.11 Å². The lowest BCUT2D eigenvalue weighted by atomic mass is 9.82. The molecule has 2 rings (SSSR count). The van der Waals surface area contributed by atoms with Crippen LogP contribution in [-0.2, 0) is 11.2 Å². The second-order valence-electron chi connectivity index (χ2n) is 6.10. The third-order valence-electron chi connectivity index (χ3n) is 3.37. The van der Waals surface area contributed by atoms with Gasteiger partial charge in [0.15, 0.2) is 0 Å². The van der Waals surface area contributed by atoms with Crippen molar-refractivity contribution in [3.63, 3.8) is 0 Å². The first-order valence-corrected chi connectivity index (χ1v) is 6.57. The van der Waals surface area contributed by atoms with Crippen molar-refractivity contribution in [3.8, 4) is 0 Å². The summed E-state index contributed by atoms with van der Waals surface area (Å²) in [6, 6.07) is 12.8. The van der Waals surface area contributed by atoms with Gasteiger partial charge < -0.3 is 5.11 Å². The first-order chi connectivity index (χ1) is 8.85. The average Bonchev–Trinajstić information content (AvgIpc) is 2.27. The number of fused-ring (bicyclic) bond motifs is 1. The molecule has 1 N–H and O–H groups in total. The van der Waals surface area contributed by atoms with E-state index in [2.05, 4.69) is 43.3 Å². The summed E-state index contributed by atoms with van der Waals surface area (Å²) in [6.45, 7) is 6.09. The molecule has 2 heteroatoms. The van der Waals surface area contributed by atoms with Gasteiger partial charge in [-0.15, -0.1) is 0 Å². The molecule has 2 aromatic carbocycles. The number of hydrogen-bond acceptors (Lipinski definition) is 1. The molecule has 19 heavy (non-hydrogen) atoms. The zero-order valence-corrected chi connectivity index (χ0v) is 11.7. The van der Waals surface area contributed by atoms with E-state index in [9.17, 15) is 4.79 Å². The third-order valence-corrected chi connectivity index (χ3v) is 3.37. The topological polar surface area (TPSA) is 37.3 Å². The van der Waals surface area contributed by atoms with Gasteiger partial charge in [-0.3, -0.25) is 4.79 Å². The van der Waals surface area contributed by atoms with Gasteiger partial charge in [-0.25, -0.2) is 0 Å². The van der Waals surface area contributed by atoms with E-state index in [1.54, 1.807) is 0 Å². The maximum Gasteiger partial charge on any atom is 0.303 e. The van der Waals surface area contributed by atoms with Gasteiger partial charge in [-0.1, -0.05) is 55.8 Å². The Balaban J connectivity index is 2.26. The first kappa shape index (κ1) is 13.6. The monoisotopic (exact) mass is 256 g/mol. The Kier molecular flexibility index (Phi) is 3.61. The highest BCUT2D eigenvalue weighted by atomic mass is 16.4. The normalized spacial score (nSPS) is 11.7. The van der Waals surface area contributed by atoms with Crippen LogP contribution in [0.25, 0.3) is 10.8 Å². The Hall–Kier alpha value is -1.83. The van der Waals surface area contributed by atoms with Crippen LogP contribution in [0.4, 0.5) is 0 Å². The Labute approximate surface area is 114 Å². The largest absolute Gasteiger partial charge is 0.481 e. The molecule has 0 spiro atoms. The van der Waals surface area contributed by atoms with E-state index < -0.39 is 5.97 Å². The molecule has 2 aromatic rings. The van der Waals surface area contributed by atoms with E-state index in [1.165, 1.54) is 21.9 Å². The van der Waals surface area contributed by atoms with Crippen molar-refractivity contribution >= 4 is 16.7 Å². The first-order valence-electron chi connectivity index (χ1n) is 6.57. The van der Waals surface area contributed by atoms with E-state index in [0.717, 1.165) is 6.42 Å². The number of aryl methyl sites for hydroxylation is 1. The van der Waals surface area contributed by atoms with Crippen LogP contribution in [0, 0.1) is 12.3 Å². The molecular weight excluding hydrogens is 236 g/mol. The lowest BCUT2D eigenvalue weighted by Gasteiger charge is -2.22. The molecule has 100 valence electrons. The van der Waals surface area contributed by atoms with Crippen LogP contribution in [0.15, 0.2) is 36.4 Å². The summed E-state index contributed by atoms with van der Waals surface area (Å²) < 4.78 is 0. The van der Waals surface area contributed by atoms with Crippen LogP contribution >= 0.6 is 0 Å². The fraction of sp³-hybridized carbons (Fsp3) is 0.353. The molecule has 0 aliphatic carbocycles. The van der Waals surface area contributed by atoms with E-state index in [1.807, 2.05) is 13.8 Å². The minimum Gasteiger partial charge on any atom is -0.481 e. The Bertz CT molecular complexity index is 612. The van der Waals surface area contributed by atoms with Crippen molar-refractivity contribution in [3.05, 3.63) is 47.5 Å². The highest BCUT2D eigenvalue weighted by Gasteiger charge is 2.22. The van der Waals surface area contributed by atoms with Crippen molar-refractivity contribution in [1.82, 2.24) is 0 Å². The molecule has 0 radical (unpaired) electrons. The van der Waals surface area contributed by atoms with E-state index >= 15 is 0 Å². The lowest BCUT2D eigenvalue weighted by Crippen LogP contribution is -2.19. The summed E-state index contributed by atoms with van der Waals surface area (Å²) in [5.41, 5.74) is 2.23. The summed E-state index contributed by atoms with van der Waals surface area (Å²) in [4.78, 5) is 10.9. The molecule has 0 saturated heterocycles. The predicted molar refractivity (Wildman–Crippen MR) is 78.4 cm³/mol. The minimum absolute atomic E-state index is 0.193. The van der Waals surface area contributed by atoms with Gasteiger partial charge in [-0.2, -0.15) is 0 Å². The second-order valence-corrected chi connectivity index (χ2v) is 6.10. The predicted octanol–water partition coefficient (Wildman–Crippen LogP) is 4.19. The van der Waals surface area contributed by atoms with Crippen LogP contribution in [0.3, 0.4) is 0 Å². The summed E-state index contributed by atoms with van der Waals surface area (Å²) >= 11 is 0. The van der Waals surface area contributed by atoms with Crippen molar-refractivity contribution in [2.24, 2.45) is 5.41 Å². The number of benzene rings is 2. The summed E-state index contributed by atoms with van der Waals surface area (Å²) in [6.07, 6.45) is 0.974. The van der Waals surface area contributed by atoms with Crippen LogP contribution in [-0.4, -0.2) is 11.1 Å². The van der Waals surface area contributed by atoms with Gasteiger partial charge in [0, 0.05) is 0 Å². The van der Waals surface area contributed by atoms with Gasteiger partial charge in [-0.05, 0) is 35.1 Å². The molecule has 0 aromatic heterocycles. The highest BCUT2D eigenvalue weighted by Crippen LogP contribution is 2.27. The SMILES string of the molecule is Cc1ccc2cc(CC(C)(C)CC(=O)O)ccc2c1. The Morgan fingerprint density at radius 2 is 1.74 bits per heavy atom. The molecule has 0 bridgehead atoms. The smallest absolute Gasteiger partial charge is 0.303 e. The number of carboxylic acid groups (broad SMARTS) is 1. The summed E-state index contributed by atoms with van der Waals surface area (Å²) in [5.74, 6) is -0.735. The molecule has 0 heterocycles. The number of aliphatic carboxylic acids is 1.